The number of rotatable bonds is 3. The van der Waals surface area contributed by atoms with Crippen molar-refractivity contribution in [2.45, 2.75) is 47.1 Å². The van der Waals surface area contributed by atoms with Gasteiger partial charge in [0.1, 0.15) is 5.69 Å². The minimum absolute atomic E-state index is 0.256. The maximum atomic E-state index is 10.9. The van der Waals surface area contributed by atoms with Gasteiger partial charge in [0.05, 0.1) is 12.6 Å². The predicted octanol–water partition coefficient (Wildman–Crippen LogP) is 1.80. The average Bonchev–Trinajstić information content (AvgIpc) is 2.28. The first-order valence-corrected chi connectivity index (χ1v) is 8.51. The molecule has 7 nitrogen and oxygen atoms in total. The Hall–Kier alpha value is -1.80. The molecule has 0 aliphatic carbocycles. The topological polar surface area (TPSA) is 93.5 Å². The van der Waals surface area contributed by atoms with Crippen molar-refractivity contribution in [3.05, 3.63) is 28.8 Å². The smallest absolute Gasteiger partial charge is 0.388 e. The van der Waals surface area contributed by atoms with Crippen molar-refractivity contribution in [1.29, 1.82) is 0 Å². The molecule has 2 N–H and O–H groups in total. The molecule has 1 rings (SSSR count). The molecule has 8 heteroatoms. The van der Waals surface area contributed by atoms with E-state index in [-0.39, 0.29) is 11.5 Å². The molecule has 0 saturated carbocycles. The van der Waals surface area contributed by atoms with Crippen LogP contribution in [0, 0.1) is 20.8 Å². The minimum atomic E-state index is -4.87. The van der Waals surface area contributed by atoms with Gasteiger partial charge in [-0.25, -0.2) is 9.60 Å². The van der Waals surface area contributed by atoms with Gasteiger partial charge in [0.25, 0.3) is 10.4 Å². The maximum absolute atomic E-state index is 10.9. The van der Waals surface area contributed by atoms with Crippen LogP contribution in [0.3, 0.4) is 0 Å². The number of nitrogens with zero attached hydrogens (tertiary/aromatic N) is 1. The van der Waals surface area contributed by atoms with E-state index < -0.39 is 10.4 Å². The standard InChI is InChI=1S/C15H25N3O4S/c1-10-8-11(2)13(12(3)9-10)16-14(17-15(4,5)6)18(7)22-23(19,20)21/h8-9H,1-7H3,(H2,16,17,19,20,21). The molecule has 1 aromatic rings. The first-order valence-electron chi connectivity index (χ1n) is 7.17. The Bertz CT molecular complexity index is 696. The zero-order valence-corrected chi connectivity index (χ0v) is 15.5. The lowest BCUT2D eigenvalue weighted by Gasteiger charge is -2.21. The van der Waals surface area contributed by atoms with Crippen molar-refractivity contribution in [1.82, 2.24) is 5.32 Å². The van der Waals surface area contributed by atoms with E-state index in [0.717, 1.165) is 27.1 Å². The highest BCUT2D eigenvalue weighted by Gasteiger charge is 2.24. The van der Waals surface area contributed by atoms with Crippen molar-refractivity contribution >= 4 is 22.0 Å². The fraction of sp³-hybridized carbons (Fsp3) is 0.533. The van der Waals surface area contributed by atoms with Crippen LogP contribution < -0.4 is 10.6 Å². The normalized spacial score (nSPS) is 13.4. The summed E-state index contributed by atoms with van der Waals surface area (Å²) in [5, 5.41) is 6.22. The van der Waals surface area contributed by atoms with Gasteiger partial charge in [-0.15, -0.1) is 0 Å². The van der Waals surface area contributed by atoms with Gasteiger partial charge in [-0.1, -0.05) is 22.4 Å². The predicted molar refractivity (Wildman–Crippen MR) is 89.1 cm³/mol. The van der Waals surface area contributed by atoms with Crippen LogP contribution >= 0.6 is 0 Å². The van der Waals surface area contributed by atoms with Crippen LogP contribution in [0.5, 0.6) is 0 Å². The lowest BCUT2D eigenvalue weighted by molar-refractivity contribution is -0.726. The molecule has 130 valence electrons. The third-order valence-corrected chi connectivity index (χ3v) is 3.34. The summed E-state index contributed by atoms with van der Waals surface area (Å²) in [4.78, 5) is 0. The molecule has 0 saturated heterocycles. The number of hydroxylamine groups is 1. The number of aryl methyl sites for hydroxylation is 3. The molecule has 0 fully saturated rings. The van der Waals surface area contributed by atoms with Crippen LogP contribution in [0.2, 0.25) is 0 Å². The summed E-state index contributed by atoms with van der Waals surface area (Å²) in [6.07, 6.45) is 0. The van der Waals surface area contributed by atoms with Gasteiger partial charge in [0, 0.05) is 0 Å². The van der Waals surface area contributed by atoms with Crippen molar-refractivity contribution in [2.75, 3.05) is 12.4 Å². The molecule has 0 radical (unpaired) electrons. The highest BCUT2D eigenvalue weighted by atomic mass is 32.3. The highest BCUT2D eigenvalue weighted by Crippen LogP contribution is 2.22. The number of anilines is 1. The van der Waals surface area contributed by atoms with E-state index in [2.05, 4.69) is 14.9 Å². The number of hydrogen-bond acceptors (Lipinski definition) is 4. The first kappa shape index (κ1) is 19.2. The van der Waals surface area contributed by atoms with Crippen LogP contribution in [0.1, 0.15) is 37.5 Å². The molecule has 23 heavy (non-hydrogen) atoms. The van der Waals surface area contributed by atoms with Crippen LogP contribution in [0.25, 0.3) is 0 Å². The Morgan fingerprint density at radius 2 is 1.65 bits per heavy atom. The molecule has 0 bridgehead atoms. The van der Waals surface area contributed by atoms with Gasteiger partial charge >= 0.3 is 5.96 Å². The number of nitrogens with one attached hydrogen (secondary N) is 2. The third kappa shape index (κ3) is 6.45. The highest BCUT2D eigenvalue weighted by molar-refractivity contribution is 7.80. The number of benzene rings is 1. The molecule has 0 aliphatic rings. The van der Waals surface area contributed by atoms with Gasteiger partial charge in [0.2, 0.25) is 0 Å². The zero-order valence-electron chi connectivity index (χ0n) is 14.6. The van der Waals surface area contributed by atoms with E-state index >= 15 is 0 Å². The van der Waals surface area contributed by atoms with Crippen LogP contribution in [-0.4, -0.2) is 36.3 Å². The summed E-state index contributed by atoms with van der Waals surface area (Å²) in [5.74, 6) is 0.256. The van der Waals surface area contributed by atoms with E-state index in [9.17, 15) is 13.0 Å². The van der Waals surface area contributed by atoms with Gasteiger partial charge in [-0.2, -0.15) is 8.42 Å². The summed E-state index contributed by atoms with van der Waals surface area (Å²) < 4.78 is 37.9. The fourth-order valence-corrected chi connectivity index (χ4v) is 2.56. The zero-order chi connectivity index (χ0) is 18.0. The second-order valence-corrected chi connectivity index (χ2v) is 7.57. The third-order valence-electron chi connectivity index (χ3n) is 2.93. The number of hydrogen-bond donors (Lipinski definition) is 2. The monoisotopic (exact) mass is 343 g/mol. The fourth-order valence-electron chi connectivity index (χ4n) is 2.21. The largest absolute Gasteiger partial charge is 0.713 e. The summed E-state index contributed by atoms with van der Waals surface area (Å²) in [5.41, 5.74) is 3.56. The lowest BCUT2D eigenvalue weighted by Crippen LogP contribution is -2.48. The molecular weight excluding hydrogens is 318 g/mol. The van der Waals surface area contributed by atoms with Gasteiger partial charge in [0.15, 0.2) is 0 Å². The first-order chi connectivity index (χ1) is 10.3. The second-order valence-electron chi connectivity index (χ2n) is 6.60. The van der Waals surface area contributed by atoms with Gasteiger partial charge in [-0.3, -0.25) is 5.32 Å². The summed E-state index contributed by atoms with van der Waals surface area (Å²) in [6.45, 7) is 11.6. The molecule has 0 unspecified atom stereocenters. The lowest BCUT2D eigenvalue weighted by atomic mass is 10.1. The Labute approximate surface area is 138 Å². The van der Waals surface area contributed by atoms with E-state index in [1.165, 1.54) is 7.05 Å². The van der Waals surface area contributed by atoms with Crippen LogP contribution in [-0.2, 0) is 14.7 Å². The Morgan fingerprint density at radius 3 is 2.04 bits per heavy atom. The second kappa shape index (κ2) is 6.76. The molecule has 0 aliphatic heterocycles. The summed E-state index contributed by atoms with van der Waals surface area (Å²) in [6, 6.07) is 4.02. The van der Waals surface area contributed by atoms with Crippen molar-refractivity contribution in [3.63, 3.8) is 0 Å². The molecule has 1 aromatic carbocycles. The van der Waals surface area contributed by atoms with E-state index in [1.54, 1.807) is 0 Å². The number of guanidine groups is 1. The molecule has 0 spiro atoms. The minimum Gasteiger partial charge on any atom is -0.713 e. The van der Waals surface area contributed by atoms with Gasteiger partial charge < -0.3 is 4.55 Å². The average molecular weight is 343 g/mol. The van der Waals surface area contributed by atoms with E-state index in [1.807, 2.05) is 53.7 Å². The molecular formula is C15H25N3O4S. The molecule has 0 atom stereocenters. The SMILES string of the molecule is Cc1cc(C)c(N/C(NC(C)(C)C)=[N+](\C)OS(=O)(=O)[O-])c(C)c1. The van der Waals surface area contributed by atoms with Gasteiger partial charge in [-0.05, 0) is 52.7 Å². The molecule has 0 aromatic heterocycles. The summed E-state index contributed by atoms with van der Waals surface area (Å²) >= 11 is 0. The Morgan fingerprint density at radius 1 is 1.17 bits per heavy atom. The summed E-state index contributed by atoms with van der Waals surface area (Å²) in [7, 11) is -3.53. The van der Waals surface area contributed by atoms with Crippen molar-refractivity contribution < 1.29 is 22.0 Å². The van der Waals surface area contributed by atoms with Crippen molar-refractivity contribution in [3.8, 4) is 0 Å². The maximum Gasteiger partial charge on any atom is 0.388 e. The van der Waals surface area contributed by atoms with E-state index in [0.29, 0.717) is 0 Å². The quantitative estimate of drug-likeness (QED) is 0.217. The Balaban J connectivity index is 3.30. The van der Waals surface area contributed by atoms with Crippen LogP contribution in [0.4, 0.5) is 5.69 Å². The molecule has 0 amide bonds. The van der Waals surface area contributed by atoms with Crippen LogP contribution in [0.15, 0.2) is 12.1 Å². The molecule has 0 heterocycles. The van der Waals surface area contributed by atoms with E-state index in [4.69, 9.17) is 0 Å². The Kier molecular flexibility index (Phi) is 5.65. The van der Waals surface area contributed by atoms with Crippen molar-refractivity contribution in [2.24, 2.45) is 0 Å².